The number of nitrogens with zero attached hydrogens (tertiary/aromatic N) is 1. The Bertz CT molecular complexity index is 755. The summed E-state index contributed by atoms with van der Waals surface area (Å²) in [5.74, 6) is 0.869. The highest BCUT2D eigenvalue weighted by Crippen LogP contribution is 2.40. The van der Waals surface area contributed by atoms with Crippen molar-refractivity contribution in [2.75, 3.05) is 18.1 Å². The summed E-state index contributed by atoms with van der Waals surface area (Å²) in [6, 6.07) is 9.89. The van der Waals surface area contributed by atoms with E-state index in [1.165, 1.54) is 24.2 Å². The standard InChI is InChI=1S/C18H19ClN2O2S/c19-12-5-6-15-14(11-12)21(9-10-23-15)17-8-7-16(24-17)18(22)20-13-3-1-2-4-13/h5-8,11,13H,1-4,9-10H2,(H,20,22). The lowest BCUT2D eigenvalue weighted by atomic mass is 10.2. The average Bonchev–Trinajstić information content (AvgIpc) is 3.25. The van der Waals surface area contributed by atoms with E-state index in [1.807, 2.05) is 30.3 Å². The van der Waals surface area contributed by atoms with Crippen LogP contribution in [0.3, 0.4) is 0 Å². The summed E-state index contributed by atoms with van der Waals surface area (Å²) in [7, 11) is 0. The van der Waals surface area contributed by atoms with Gasteiger partial charge in [-0.3, -0.25) is 4.79 Å². The zero-order valence-corrected chi connectivity index (χ0v) is 14.8. The van der Waals surface area contributed by atoms with Gasteiger partial charge in [0.15, 0.2) is 0 Å². The maximum absolute atomic E-state index is 12.4. The van der Waals surface area contributed by atoms with Crippen molar-refractivity contribution in [1.29, 1.82) is 0 Å². The van der Waals surface area contributed by atoms with Gasteiger partial charge in [0.25, 0.3) is 5.91 Å². The molecule has 1 saturated carbocycles. The van der Waals surface area contributed by atoms with Crippen LogP contribution in [0.2, 0.25) is 5.02 Å². The first-order valence-electron chi connectivity index (χ1n) is 8.31. The Kier molecular flexibility index (Phi) is 4.37. The first kappa shape index (κ1) is 15.8. The molecule has 0 saturated heterocycles. The van der Waals surface area contributed by atoms with Crippen LogP contribution in [0, 0.1) is 0 Å². The van der Waals surface area contributed by atoms with Gasteiger partial charge in [-0.25, -0.2) is 0 Å². The van der Waals surface area contributed by atoms with E-state index in [0.717, 1.165) is 40.7 Å². The fourth-order valence-electron chi connectivity index (χ4n) is 3.34. The molecule has 0 spiro atoms. The van der Waals surface area contributed by atoms with E-state index in [0.29, 0.717) is 17.7 Å². The number of hydrogen-bond donors (Lipinski definition) is 1. The summed E-state index contributed by atoms with van der Waals surface area (Å²) in [4.78, 5) is 15.4. The molecule has 1 fully saturated rings. The molecule has 0 bridgehead atoms. The molecule has 1 aliphatic carbocycles. The maximum atomic E-state index is 12.4. The van der Waals surface area contributed by atoms with Crippen LogP contribution in [0.15, 0.2) is 30.3 Å². The van der Waals surface area contributed by atoms with Gasteiger partial charge in [0.05, 0.1) is 22.1 Å². The molecule has 0 radical (unpaired) electrons. The van der Waals surface area contributed by atoms with Crippen molar-refractivity contribution < 1.29 is 9.53 Å². The van der Waals surface area contributed by atoms with E-state index in [9.17, 15) is 4.79 Å². The zero-order valence-electron chi connectivity index (χ0n) is 13.3. The van der Waals surface area contributed by atoms with Gasteiger partial charge in [-0.05, 0) is 43.2 Å². The van der Waals surface area contributed by atoms with E-state index in [2.05, 4.69) is 10.2 Å². The SMILES string of the molecule is O=C(NC1CCCC1)c1ccc(N2CCOc3ccc(Cl)cc32)s1. The lowest BCUT2D eigenvalue weighted by Crippen LogP contribution is -2.32. The number of ether oxygens (including phenoxy) is 1. The Morgan fingerprint density at radius 2 is 2.08 bits per heavy atom. The molecule has 0 unspecified atom stereocenters. The first-order chi connectivity index (χ1) is 11.7. The zero-order chi connectivity index (χ0) is 16.5. The van der Waals surface area contributed by atoms with Gasteiger partial charge in [0.2, 0.25) is 0 Å². The highest BCUT2D eigenvalue weighted by atomic mass is 35.5. The molecule has 24 heavy (non-hydrogen) atoms. The Morgan fingerprint density at radius 1 is 1.25 bits per heavy atom. The van der Waals surface area contributed by atoms with E-state index in [-0.39, 0.29) is 5.91 Å². The topological polar surface area (TPSA) is 41.6 Å². The molecular weight excluding hydrogens is 344 g/mol. The average molecular weight is 363 g/mol. The second-order valence-electron chi connectivity index (χ2n) is 6.20. The smallest absolute Gasteiger partial charge is 0.261 e. The monoisotopic (exact) mass is 362 g/mol. The predicted molar refractivity (Wildman–Crippen MR) is 98.0 cm³/mol. The van der Waals surface area contributed by atoms with Crippen molar-refractivity contribution in [3.8, 4) is 5.75 Å². The Hall–Kier alpha value is -1.72. The quantitative estimate of drug-likeness (QED) is 0.867. The van der Waals surface area contributed by atoms with Crippen LogP contribution in [-0.4, -0.2) is 25.1 Å². The van der Waals surface area contributed by atoms with E-state index in [1.54, 1.807) is 0 Å². The number of benzene rings is 1. The number of hydrogen-bond acceptors (Lipinski definition) is 4. The van der Waals surface area contributed by atoms with Crippen LogP contribution in [0.25, 0.3) is 0 Å². The van der Waals surface area contributed by atoms with Crippen LogP contribution >= 0.6 is 22.9 Å². The van der Waals surface area contributed by atoms with Gasteiger partial charge < -0.3 is 15.0 Å². The van der Waals surface area contributed by atoms with Crippen LogP contribution in [0.1, 0.15) is 35.4 Å². The van der Waals surface area contributed by atoms with E-state index < -0.39 is 0 Å². The number of rotatable bonds is 3. The van der Waals surface area contributed by atoms with Crippen LogP contribution in [0.5, 0.6) is 5.75 Å². The second-order valence-corrected chi connectivity index (χ2v) is 7.70. The lowest BCUT2D eigenvalue weighted by molar-refractivity contribution is 0.0942. The maximum Gasteiger partial charge on any atom is 0.261 e. The minimum atomic E-state index is 0.0396. The van der Waals surface area contributed by atoms with Crippen LogP contribution in [0.4, 0.5) is 10.7 Å². The molecule has 1 N–H and O–H groups in total. The van der Waals surface area contributed by atoms with E-state index in [4.69, 9.17) is 16.3 Å². The second kappa shape index (κ2) is 6.65. The van der Waals surface area contributed by atoms with Crippen molar-refractivity contribution in [2.24, 2.45) is 0 Å². The van der Waals surface area contributed by atoms with Gasteiger partial charge >= 0.3 is 0 Å². The molecule has 4 rings (SSSR count). The minimum Gasteiger partial charge on any atom is -0.490 e. The summed E-state index contributed by atoms with van der Waals surface area (Å²) < 4.78 is 5.70. The fourth-order valence-corrected chi connectivity index (χ4v) is 4.46. The molecular formula is C18H19ClN2O2S. The molecule has 1 aliphatic heterocycles. The van der Waals surface area contributed by atoms with Crippen molar-refractivity contribution >= 4 is 39.5 Å². The Labute approximate surface area is 150 Å². The number of thiophene rings is 1. The van der Waals surface area contributed by atoms with Crippen LogP contribution < -0.4 is 15.0 Å². The van der Waals surface area contributed by atoms with Gasteiger partial charge in [-0.15, -0.1) is 11.3 Å². The highest BCUT2D eigenvalue weighted by Gasteiger charge is 2.23. The van der Waals surface area contributed by atoms with Gasteiger partial charge in [-0.1, -0.05) is 24.4 Å². The molecule has 126 valence electrons. The lowest BCUT2D eigenvalue weighted by Gasteiger charge is -2.30. The summed E-state index contributed by atoms with van der Waals surface area (Å²) >= 11 is 7.65. The number of anilines is 2. The number of carbonyl (C=O) groups excluding carboxylic acids is 1. The third-order valence-corrected chi connectivity index (χ3v) is 5.90. The Balaban J connectivity index is 1.55. The van der Waals surface area contributed by atoms with Gasteiger partial charge in [0, 0.05) is 11.1 Å². The number of fused-ring (bicyclic) bond motifs is 1. The van der Waals surface area contributed by atoms with Gasteiger partial charge in [-0.2, -0.15) is 0 Å². The minimum absolute atomic E-state index is 0.0396. The number of nitrogens with one attached hydrogen (secondary N) is 1. The molecule has 1 aromatic carbocycles. The molecule has 1 amide bonds. The molecule has 2 heterocycles. The van der Waals surface area contributed by atoms with Crippen molar-refractivity contribution in [3.63, 3.8) is 0 Å². The molecule has 1 aromatic heterocycles. The van der Waals surface area contributed by atoms with Crippen molar-refractivity contribution in [1.82, 2.24) is 5.32 Å². The molecule has 2 aliphatic rings. The predicted octanol–water partition coefficient (Wildman–Crippen LogP) is 4.60. The Morgan fingerprint density at radius 3 is 2.92 bits per heavy atom. The molecule has 4 nitrogen and oxygen atoms in total. The first-order valence-corrected chi connectivity index (χ1v) is 9.51. The normalized spacial score (nSPS) is 17.5. The molecule has 2 aromatic rings. The fraction of sp³-hybridized carbons (Fsp3) is 0.389. The number of halogens is 1. The summed E-state index contributed by atoms with van der Waals surface area (Å²) in [5, 5.41) is 4.87. The highest BCUT2D eigenvalue weighted by molar-refractivity contribution is 7.18. The largest absolute Gasteiger partial charge is 0.490 e. The van der Waals surface area contributed by atoms with E-state index >= 15 is 0 Å². The van der Waals surface area contributed by atoms with Crippen LogP contribution in [-0.2, 0) is 0 Å². The number of amides is 1. The third-order valence-electron chi connectivity index (χ3n) is 4.56. The molecule has 0 atom stereocenters. The summed E-state index contributed by atoms with van der Waals surface area (Å²) in [5.41, 5.74) is 0.957. The van der Waals surface area contributed by atoms with Crippen molar-refractivity contribution in [2.45, 2.75) is 31.7 Å². The van der Waals surface area contributed by atoms with Gasteiger partial charge in [0.1, 0.15) is 12.4 Å². The number of carbonyl (C=O) groups is 1. The third kappa shape index (κ3) is 3.10. The van der Waals surface area contributed by atoms with Crippen molar-refractivity contribution in [3.05, 3.63) is 40.2 Å². The summed E-state index contributed by atoms with van der Waals surface area (Å²) in [6.07, 6.45) is 4.62. The molecule has 6 heteroatoms. The summed E-state index contributed by atoms with van der Waals surface area (Å²) in [6.45, 7) is 1.37.